The van der Waals surface area contributed by atoms with E-state index in [-0.39, 0.29) is 0 Å². The molecule has 2 aromatic rings. The lowest BCUT2D eigenvalue weighted by Crippen LogP contribution is -2.42. The van der Waals surface area contributed by atoms with Gasteiger partial charge in [-0.3, -0.25) is 9.89 Å². The molecule has 1 aliphatic rings. The van der Waals surface area contributed by atoms with E-state index in [1.807, 2.05) is 18.3 Å². The third-order valence-electron chi connectivity index (χ3n) is 3.90. The number of guanidine groups is 1. The summed E-state index contributed by atoms with van der Waals surface area (Å²) in [6, 6.07) is 2.26. The molecule has 1 aliphatic heterocycles. The molecule has 7 heteroatoms. The number of nitrogens with zero attached hydrogens (tertiary/aromatic N) is 3. The van der Waals surface area contributed by atoms with Crippen molar-refractivity contribution in [3.05, 3.63) is 38.0 Å². The molecule has 0 atom stereocenters. The average molecular weight is 350 g/mol. The van der Waals surface area contributed by atoms with Crippen molar-refractivity contribution < 1.29 is 0 Å². The van der Waals surface area contributed by atoms with E-state index in [2.05, 4.69) is 42.3 Å². The first-order valence-corrected chi connectivity index (χ1v) is 9.63. The summed E-state index contributed by atoms with van der Waals surface area (Å²) in [5.74, 6) is 0.839. The van der Waals surface area contributed by atoms with Crippen molar-refractivity contribution >= 4 is 28.6 Å². The molecule has 0 fully saturated rings. The van der Waals surface area contributed by atoms with E-state index in [1.165, 1.54) is 12.0 Å². The molecular formula is C16H23N5S2. The van der Waals surface area contributed by atoms with Crippen LogP contribution in [0.2, 0.25) is 0 Å². The highest BCUT2D eigenvalue weighted by molar-refractivity contribution is 7.10. The molecule has 23 heavy (non-hydrogen) atoms. The maximum Gasteiger partial charge on any atom is 0.191 e. The molecule has 5 nitrogen and oxygen atoms in total. The standard InChI is InChI=1S/C16H23N5S2/c1-12-11-23-15(20-12)9-19-16(17-2)18-5-7-21-6-3-14-13(10-21)4-8-22-14/h4,8,11H,3,5-7,9-10H2,1-2H3,(H2,17,18,19). The molecule has 0 radical (unpaired) electrons. The predicted octanol–water partition coefficient (Wildman–Crippen LogP) is 2.24. The number of thiophene rings is 1. The Morgan fingerprint density at radius 2 is 2.30 bits per heavy atom. The average Bonchev–Trinajstić information content (AvgIpc) is 3.18. The van der Waals surface area contributed by atoms with Gasteiger partial charge in [-0.25, -0.2) is 4.98 Å². The second kappa shape index (κ2) is 7.90. The first-order chi connectivity index (χ1) is 11.2. The molecule has 0 amide bonds. The van der Waals surface area contributed by atoms with E-state index in [9.17, 15) is 0 Å². The Hall–Kier alpha value is -1.44. The van der Waals surface area contributed by atoms with Gasteiger partial charge >= 0.3 is 0 Å². The highest BCUT2D eigenvalue weighted by Gasteiger charge is 2.16. The van der Waals surface area contributed by atoms with Crippen LogP contribution in [0.3, 0.4) is 0 Å². The van der Waals surface area contributed by atoms with Gasteiger partial charge in [-0.2, -0.15) is 0 Å². The van der Waals surface area contributed by atoms with Crippen LogP contribution in [0.25, 0.3) is 0 Å². The topological polar surface area (TPSA) is 52.6 Å². The zero-order chi connectivity index (χ0) is 16.1. The Morgan fingerprint density at radius 1 is 1.39 bits per heavy atom. The Labute approximate surface area is 145 Å². The largest absolute Gasteiger partial charge is 0.355 e. The quantitative estimate of drug-likeness (QED) is 0.642. The first kappa shape index (κ1) is 16.4. The predicted molar refractivity (Wildman–Crippen MR) is 98.4 cm³/mol. The van der Waals surface area contributed by atoms with Gasteiger partial charge in [-0.15, -0.1) is 22.7 Å². The number of hydrogen-bond donors (Lipinski definition) is 2. The molecule has 0 unspecified atom stereocenters. The van der Waals surface area contributed by atoms with Gasteiger partial charge in [0.15, 0.2) is 5.96 Å². The van der Waals surface area contributed by atoms with Crippen LogP contribution in [0.15, 0.2) is 21.8 Å². The van der Waals surface area contributed by atoms with Gasteiger partial charge in [0.25, 0.3) is 0 Å². The Bertz CT molecular complexity index is 661. The molecule has 0 saturated carbocycles. The van der Waals surface area contributed by atoms with Crippen molar-refractivity contribution in [2.24, 2.45) is 4.99 Å². The van der Waals surface area contributed by atoms with Crippen molar-refractivity contribution in [1.29, 1.82) is 0 Å². The highest BCUT2D eigenvalue weighted by Crippen LogP contribution is 2.23. The van der Waals surface area contributed by atoms with Gasteiger partial charge in [-0.1, -0.05) is 0 Å². The van der Waals surface area contributed by atoms with Crippen molar-refractivity contribution in [1.82, 2.24) is 20.5 Å². The van der Waals surface area contributed by atoms with Crippen LogP contribution in [-0.4, -0.2) is 42.5 Å². The Morgan fingerprint density at radius 3 is 3.09 bits per heavy atom. The maximum atomic E-state index is 4.45. The summed E-state index contributed by atoms with van der Waals surface area (Å²) >= 11 is 3.57. The summed E-state index contributed by atoms with van der Waals surface area (Å²) in [5.41, 5.74) is 2.58. The zero-order valence-corrected chi connectivity index (χ0v) is 15.3. The third kappa shape index (κ3) is 4.53. The SMILES string of the molecule is CN=C(NCCN1CCc2sccc2C1)NCc1nc(C)cs1. The summed E-state index contributed by atoms with van der Waals surface area (Å²) in [7, 11) is 1.81. The number of hydrogen-bond acceptors (Lipinski definition) is 5. The summed E-state index contributed by atoms with van der Waals surface area (Å²) in [6.45, 7) is 6.90. The normalized spacial score (nSPS) is 15.5. The van der Waals surface area contributed by atoms with E-state index in [0.29, 0.717) is 0 Å². The molecular weight excluding hydrogens is 326 g/mol. The molecule has 0 bridgehead atoms. The van der Waals surface area contributed by atoms with Crippen molar-refractivity contribution in [3.8, 4) is 0 Å². The van der Waals surface area contributed by atoms with E-state index in [4.69, 9.17) is 0 Å². The molecule has 0 spiro atoms. The molecule has 0 saturated heterocycles. The second-order valence-corrected chi connectivity index (χ2v) is 7.57. The number of aryl methyl sites for hydroxylation is 1. The van der Waals surface area contributed by atoms with Gasteiger partial charge in [0.05, 0.1) is 6.54 Å². The maximum absolute atomic E-state index is 4.45. The van der Waals surface area contributed by atoms with Gasteiger partial charge in [-0.05, 0) is 30.4 Å². The Balaban J connectivity index is 1.39. The number of thiazole rings is 1. The monoisotopic (exact) mass is 349 g/mol. The zero-order valence-electron chi connectivity index (χ0n) is 13.6. The minimum absolute atomic E-state index is 0.722. The molecule has 0 aliphatic carbocycles. The van der Waals surface area contributed by atoms with E-state index in [1.54, 1.807) is 23.3 Å². The molecule has 2 N–H and O–H groups in total. The summed E-state index contributed by atoms with van der Waals surface area (Å²) in [5, 5.41) is 12.1. The lowest BCUT2D eigenvalue weighted by molar-refractivity contribution is 0.260. The van der Waals surface area contributed by atoms with Crippen LogP contribution in [0, 0.1) is 6.92 Å². The van der Waals surface area contributed by atoms with Gasteiger partial charge < -0.3 is 10.6 Å². The lowest BCUT2D eigenvalue weighted by Gasteiger charge is -2.27. The van der Waals surface area contributed by atoms with E-state index < -0.39 is 0 Å². The van der Waals surface area contributed by atoms with Crippen molar-refractivity contribution in [2.45, 2.75) is 26.4 Å². The van der Waals surface area contributed by atoms with Crippen LogP contribution in [0.5, 0.6) is 0 Å². The van der Waals surface area contributed by atoms with Gasteiger partial charge in [0.1, 0.15) is 5.01 Å². The molecule has 124 valence electrons. The molecule has 3 rings (SSSR count). The van der Waals surface area contributed by atoms with E-state index >= 15 is 0 Å². The number of fused-ring (bicyclic) bond motifs is 1. The minimum Gasteiger partial charge on any atom is -0.355 e. The first-order valence-electron chi connectivity index (χ1n) is 7.87. The third-order valence-corrected chi connectivity index (χ3v) is 5.89. The molecule has 0 aromatic carbocycles. The molecule has 3 heterocycles. The van der Waals surface area contributed by atoms with Gasteiger partial charge in [0.2, 0.25) is 0 Å². The smallest absolute Gasteiger partial charge is 0.191 e. The fraction of sp³-hybridized carbons (Fsp3) is 0.500. The lowest BCUT2D eigenvalue weighted by atomic mass is 10.1. The van der Waals surface area contributed by atoms with Crippen LogP contribution in [-0.2, 0) is 19.5 Å². The van der Waals surface area contributed by atoms with E-state index in [0.717, 1.165) is 49.4 Å². The fourth-order valence-corrected chi connectivity index (χ4v) is 4.30. The van der Waals surface area contributed by atoms with Gasteiger partial charge in [0, 0.05) is 49.2 Å². The van der Waals surface area contributed by atoms with Crippen LogP contribution < -0.4 is 10.6 Å². The van der Waals surface area contributed by atoms with Crippen LogP contribution in [0.4, 0.5) is 0 Å². The summed E-state index contributed by atoms with van der Waals surface area (Å²) < 4.78 is 0. The number of aromatic nitrogens is 1. The number of nitrogens with one attached hydrogen (secondary N) is 2. The highest BCUT2D eigenvalue weighted by atomic mass is 32.1. The van der Waals surface area contributed by atoms with Crippen molar-refractivity contribution in [2.75, 3.05) is 26.7 Å². The van der Waals surface area contributed by atoms with Crippen LogP contribution >= 0.6 is 22.7 Å². The molecule has 2 aromatic heterocycles. The minimum atomic E-state index is 0.722. The second-order valence-electron chi connectivity index (χ2n) is 5.63. The van der Waals surface area contributed by atoms with Crippen LogP contribution in [0.1, 0.15) is 21.1 Å². The number of rotatable bonds is 5. The number of aliphatic imine (C=N–C) groups is 1. The Kier molecular flexibility index (Phi) is 5.64. The summed E-state index contributed by atoms with van der Waals surface area (Å²) in [6.07, 6.45) is 1.18. The summed E-state index contributed by atoms with van der Waals surface area (Å²) in [4.78, 5) is 12.8. The fourth-order valence-electron chi connectivity index (χ4n) is 2.69. The van der Waals surface area contributed by atoms with Crippen molar-refractivity contribution in [3.63, 3.8) is 0 Å².